The van der Waals surface area contributed by atoms with Gasteiger partial charge in [0, 0.05) is 6.04 Å². The molecule has 0 saturated carbocycles. The van der Waals surface area contributed by atoms with Gasteiger partial charge in [0.1, 0.15) is 5.75 Å². The molecule has 0 radical (unpaired) electrons. The fraction of sp³-hybridized carbons (Fsp3) is 0.500. The molecule has 1 aromatic carbocycles. The molecule has 0 fully saturated rings. The number of nitrogens with one attached hydrogen (secondary N) is 1. The number of phenols is 1. The van der Waals surface area contributed by atoms with E-state index in [2.05, 4.69) is 34.7 Å². The van der Waals surface area contributed by atoms with E-state index in [9.17, 15) is 9.90 Å². The van der Waals surface area contributed by atoms with E-state index in [1.54, 1.807) is 28.9 Å². The van der Waals surface area contributed by atoms with Crippen LogP contribution in [-0.4, -0.2) is 43.0 Å². The molecule has 7 nitrogen and oxygen atoms in total. The van der Waals surface area contributed by atoms with Crippen molar-refractivity contribution in [3.05, 3.63) is 24.3 Å². The van der Waals surface area contributed by atoms with Crippen molar-refractivity contribution in [1.82, 2.24) is 25.5 Å². The van der Waals surface area contributed by atoms with Crippen molar-refractivity contribution in [1.29, 1.82) is 0 Å². The summed E-state index contributed by atoms with van der Waals surface area (Å²) < 4.78 is 1.54. The maximum Gasteiger partial charge on any atom is 0.230 e. The van der Waals surface area contributed by atoms with Crippen LogP contribution in [0.15, 0.2) is 29.4 Å². The summed E-state index contributed by atoms with van der Waals surface area (Å²) in [5, 5.41) is 24.4. The average Bonchev–Trinajstić information content (AvgIpc) is 3.00. The fourth-order valence-electron chi connectivity index (χ4n) is 2.13. The predicted molar refractivity (Wildman–Crippen MR) is 93.2 cm³/mol. The van der Waals surface area contributed by atoms with Crippen LogP contribution in [0.3, 0.4) is 0 Å². The smallest absolute Gasteiger partial charge is 0.230 e. The number of hydrogen-bond donors (Lipinski definition) is 2. The Kier molecular flexibility index (Phi) is 6.60. The molecule has 1 atom stereocenters. The second-order valence-corrected chi connectivity index (χ2v) is 7.06. The number of aromatic nitrogens is 4. The number of nitrogens with zero attached hydrogens (tertiary/aromatic N) is 4. The van der Waals surface area contributed by atoms with E-state index in [1.165, 1.54) is 11.8 Å². The second-order valence-electron chi connectivity index (χ2n) is 6.12. The Balaban J connectivity index is 1.87. The summed E-state index contributed by atoms with van der Waals surface area (Å²) in [4.78, 5) is 12.0. The normalized spacial score (nSPS) is 12.3. The Labute approximate surface area is 145 Å². The lowest BCUT2D eigenvalue weighted by Gasteiger charge is -2.14. The van der Waals surface area contributed by atoms with Crippen molar-refractivity contribution in [2.24, 2.45) is 5.92 Å². The fourth-order valence-corrected chi connectivity index (χ4v) is 2.83. The van der Waals surface area contributed by atoms with Crippen LogP contribution in [0.2, 0.25) is 0 Å². The summed E-state index contributed by atoms with van der Waals surface area (Å²) in [5.74, 6) is 1.03. The van der Waals surface area contributed by atoms with Crippen molar-refractivity contribution in [2.45, 2.75) is 44.8 Å². The number of hydrogen-bond acceptors (Lipinski definition) is 6. The van der Waals surface area contributed by atoms with E-state index in [-0.39, 0.29) is 23.5 Å². The molecule has 24 heavy (non-hydrogen) atoms. The maximum absolute atomic E-state index is 12.0. The first kappa shape index (κ1) is 18.3. The van der Waals surface area contributed by atoms with E-state index in [1.807, 2.05) is 6.92 Å². The standard InChI is InChI=1S/C16H23N5O2S/c1-11(2)4-5-12(3)17-15(23)10-24-16-18-19-20-21(16)13-6-8-14(22)9-7-13/h6-9,11-12,22H,4-5,10H2,1-3H3,(H,17,23)/t12-/m0/s1. The van der Waals surface area contributed by atoms with Crippen molar-refractivity contribution < 1.29 is 9.90 Å². The van der Waals surface area contributed by atoms with Crippen LogP contribution >= 0.6 is 11.8 Å². The lowest BCUT2D eigenvalue weighted by molar-refractivity contribution is -0.119. The van der Waals surface area contributed by atoms with Gasteiger partial charge in [-0.1, -0.05) is 25.6 Å². The van der Waals surface area contributed by atoms with Crippen LogP contribution < -0.4 is 5.32 Å². The van der Waals surface area contributed by atoms with Gasteiger partial charge < -0.3 is 10.4 Å². The van der Waals surface area contributed by atoms with Gasteiger partial charge in [0.15, 0.2) is 0 Å². The number of thioether (sulfide) groups is 1. The van der Waals surface area contributed by atoms with Crippen molar-refractivity contribution >= 4 is 17.7 Å². The van der Waals surface area contributed by atoms with E-state index >= 15 is 0 Å². The summed E-state index contributed by atoms with van der Waals surface area (Å²) in [6, 6.07) is 6.71. The minimum atomic E-state index is -0.0310. The summed E-state index contributed by atoms with van der Waals surface area (Å²) in [6.07, 6.45) is 2.06. The SMILES string of the molecule is CC(C)CC[C@H](C)NC(=O)CSc1nnnn1-c1ccc(O)cc1. The molecule has 0 spiro atoms. The van der Waals surface area contributed by atoms with Gasteiger partial charge >= 0.3 is 0 Å². The molecule has 0 bridgehead atoms. The molecule has 0 unspecified atom stereocenters. The predicted octanol–water partition coefficient (Wildman–Crippen LogP) is 2.40. The molecule has 2 rings (SSSR count). The molecule has 0 aliphatic heterocycles. The molecule has 0 aliphatic rings. The highest BCUT2D eigenvalue weighted by Crippen LogP contribution is 2.19. The first-order chi connectivity index (χ1) is 11.5. The van der Waals surface area contributed by atoms with Gasteiger partial charge in [-0.15, -0.1) is 5.10 Å². The molecule has 8 heteroatoms. The Morgan fingerprint density at radius 2 is 1.96 bits per heavy atom. The first-order valence-corrected chi connectivity index (χ1v) is 8.94. The number of carbonyl (C=O) groups excluding carboxylic acids is 1. The van der Waals surface area contributed by atoms with Crippen LogP contribution in [0.25, 0.3) is 5.69 Å². The zero-order valence-electron chi connectivity index (χ0n) is 14.1. The van der Waals surface area contributed by atoms with Crippen LogP contribution in [-0.2, 0) is 4.79 Å². The van der Waals surface area contributed by atoms with Gasteiger partial charge in [-0.2, -0.15) is 4.68 Å². The highest BCUT2D eigenvalue weighted by molar-refractivity contribution is 7.99. The Hall–Kier alpha value is -2.09. The number of amides is 1. The first-order valence-electron chi connectivity index (χ1n) is 7.95. The molecule has 0 aliphatic carbocycles. The molecular weight excluding hydrogens is 326 g/mol. The molecule has 2 N–H and O–H groups in total. The van der Waals surface area contributed by atoms with Crippen molar-refractivity contribution in [3.63, 3.8) is 0 Å². The number of rotatable bonds is 8. The second kappa shape index (κ2) is 8.68. The highest BCUT2D eigenvalue weighted by Gasteiger charge is 2.13. The Morgan fingerprint density at radius 3 is 2.62 bits per heavy atom. The summed E-state index contributed by atoms with van der Waals surface area (Å²) in [6.45, 7) is 6.37. The van der Waals surface area contributed by atoms with E-state index in [4.69, 9.17) is 0 Å². The third-order valence-electron chi connectivity index (χ3n) is 3.45. The van der Waals surface area contributed by atoms with Gasteiger partial charge in [-0.25, -0.2) is 0 Å². The van der Waals surface area contributed by atoms with Crippen LogP contribution in [0.5, 0.6) is 5.75 Å². The molecular formula is C16H23N5O2S. The minimum absolute atomic E-state index is 0.0310. The van der Waals surface area contributed by atoms with Gasteiger partial charge in [0.25, 0.3) is 0 Å². The van der Waals surface area contributed by atoms with Gasteiger partial charge in [-0.05, 0) is 60.4 Å². The summed E-state index contributed by atoms with van der Waals surface area (Å²) >= 11 is 1.28. The quantitative estimate of drug-likeness (QED) is 0.711. The number of phenolic OH excluding ortho intramolecular Hbond substituents is 1. The van der Waals surface area contributed by atoms with Gasteiger partial charge in [0.05, 0.1) is 11.4 Å². The molecule has 1 amide bonds. The lowest BCUT2D eigenvalue weighted by Crippen LogP contribution is -2.34. The summed E-state index contributed by atoms with van der Waals surface area (Å²) in [7, 11) is 0. The van der Waals surface area contributed by atoms with E-state index in [0.29, 0.717) is 11.1 Å². The highest BCUT2D eigenvalue weighted by atomic mass is 32.2. The van der Waals surface area contributed by atoms with E-state index < -0.39 is 0 Å². The zero-order chi connectivity index (χ0) is 17.5. The van der Waals surface area contributed by atoms with Crippen molar-refractivity contribution in [2.75, 3.05) is 5.75 Å². The van der Waals surface area contributed by atoms with Crippen LogP contribution in [0.1, 0.15) is 33.6 Å². The molecule has 0 saturated heterocycles. The molecule has 130 valence electrons. The van der Waals surface area contributed by atoms with Crippen LogP contribution in [0, 0.1) is 5.92 Å². The number of carbonyl (C=O) groups is 1. The number of tetrazole rings is 1. The van der Waals surface area contributed by atoms with Crippen LogP contribution in [0.4, 0.5) is 0 Å². The zero-order valence-corrected chi connectivity index (χ0v) is 15.0. The van der Waals surface area contributed by atoms with Gasteiger partial charge in [-0.3, -0.25) is 4.79 Å². The third-order valence-corrected chi connectivity index (χ3v) is 4.37. The minimum Gasteiger partial charge on any atom is -0.508 e. The maximum atomic E-state index is 12.0. The number of aromatic hydroxyl groups is 1. The monoisotopic (exact) mass is 349 g/mol. The topological polar surface area (TPSA) is 92.9 Å². The average molecular weight is 349 g/mol. The number of benzene rings is 1. The third kappa shape index (κ3) is 5.52. The Bertz CT molecular complexity index is 657. The molecule has 2 aromatic rings. The van der Waals surface area contributed by atoms with Gasteiger partial charge in [0.2, 0.25) is 11.1 Å². The molecule has 1 heterocycles. The van der Waals surface area contributed by atoms with E-state index in [0.717, 1.165) is 18.5 Å². The Morgan fingerprint density at radius 1 is 1.25 bits per heavy atom. The van der Waals surface area contributed by atoms with Crippen molar-refractivity contribution in [3.8, 4) is 11.4 Å². The summed E-state index contributed by atoms with van der Waals surface area (Å²) in [5.41, 5.74) is 0.728. The molecule has 1 aromatic heterocycles. The largest absolute Gasteiger partial charge is 0.508 e. The lowest BCUT2D eigenvalue weighted by atomic mass is 10.0.